The predicted octanol–water partition coefficient (Wildman–Crippen LogP) is 19.1. The lowest BCUT2D eigenvalue weighted by atomic mass is 9.93. The van der Waals surface area contributed by atoms with Gasteiger partial charge in [0.05, 0.1) is 0 Å². The van der Waals surface area contributed by atoms with Crippen molar-refractivity contribution in [1.29, 1.82) is 0 Å². The zero-order valence-electron chi connectivity index (χ0n) is 57.4. The van der Waals surface area contributed by atoms with Gasteiger partial charge in [-0.15, -0.1) is 0 Å². The maximum atomic E-state index is 7.58. The molecule has 0 fully saturated rings. The number of aryl methyl sites for hydroxylation is 16. The highest BCUT2D eigenvalue weighted by atomic mass is 14.9. The predicted molar refractivity (Wildman–Crippen MR) is 371 cm³/mol. The summed E-state index contributed by atoms with van der Waals surface area (Å²) < 4.78 is 31.3. The zero-order valence-corrected chi connectivity index (χ0v) is 54.4. The number of aromatic nitrogens is 4. The van der Waals surface area contributed by atoms with Gasteiger partial charge >= 0.3 is 0 Å². The third kappa shape index (κ3) is 14.8. The van der Waals surface area contributed by atoms with E-state index >= 15 is 0 Å². The standard InChI is InChI=1S/C22H24N.2C21H22N.C20H20N/c1-15-12-22(23(5)14-18(15)4)21-13-20(16(2)11-17(21)3)19-9-7-6-8-10-19;2*1-15-10-11-21(22(4)14-15)20-13-19(16(2)12-17(20)3)18-8-6-5-7-9-18;1-15-13-16(2)19(20-11-7-8-12-21(20)3)14-18(15)17-9-5-4-6-10-17/h6-14H,1-5H3;2*5-14H,1-4H3;4-14H,1-3H3/q4*+1/i;1D3;;. The lowest BCUT2D eigenvalue weighted by Gasteiger charge is -2.12. The Bertz CT molecular complexity index is 4530. The van der Waals surface area contributed by atoms with Gasteiger partial charge in [-0.25, -0.2) is 18.3 Å². The van der Waals surface area contributed by atoms with Gasteiger partial charge in [-0.05, 0) is 220 Å². The summed E-state index contributed by atoms with van der Waals surface area (Å²) in [6.45, 7) is 21.7. The molecule has 4 aromatic heterocycles. The number of pyridine rings is 4. The smallest absolute Gasteiger partial charge is 0.201 e. The van der Waals surface area contributed by atoms with Crippen LogP contribution < -0.4 is 18.3 Å². The molecule has 0 spiro atoms. The normalized spacial score (nSPS) is 11.4. The number of hydrogen-bond acceptors (Lipinski definition) is 0. The van der Waals surface area contributed by atoms with Crippen LogP contribution in [0.15, 0.2) is 243 Å². The first-order chi connectivity index (χ1) is 43.5. The summed E-state index contributed by atoms with van der Waals surface area (Å²) in [4.78, 5) is 0. The summed E-state index contributed by atoms with van der Waals surface area (Å²) in [5, 5.41) is 0. The summed E-state index contributed by atoms with van der Waals surface area (Å²) >= 11 is 0. The molecular weight excluding hydrogens is 1060 g/mol. The average molecular weight is 1160 g/mol. The van der Waals surface area contributed by atoms with Gasteiger partial charge < -0.3 is 0 Å². The van der Waals surface area contributed by atoms with E-state index < -0.39 is 6.85 Å². The molecule has 0 bridgehead atoms. The molecule has 0 aliphatic carbocycles. The van der Waals surface area contributed by atoms with Crippen molar-refractivity contribution >= 4 is 0 Å². The molecule has 0 radical (unpaired) electrons. The first-order valence-corrected chi connectivity index (χ1v) is 30.5. The highest BCUT2D eigenvalue weighted by molar-refractivity contribution is 5.79. The maximum absolute atomic E-state index is 7.58. The Morgan fingerprint density at radius 2 is 0.523 bits per heavy atom. The van der Waals surface area contributed by atoms with E-state index in [1.165, 1.54) is 139 Å². The summed E-state index contributed by atoms with van der Waals surface area (Å²) in [6.07, 6.45) is 8.18. The molecule has 4 heteroatoms. The van der Waals surface area contributed by atoms with Crippen molar-refractivity contribution in [2.24, 2.45) is 28.2 Å². The van der Waals surface area contributed by atoms with Crippen LogP contribution >= 0.6 is 0 Å². The Balaban J connectivity index is 0.000000144. The van der Waals surface area contributed by atoms with Gasteiger partial charge in [-0.1, -0.05) is 146 Å². The molecule has 8 aromatic carbocycles. The molecule has 0 aliphatic heterocycles. The Morgan fingerprint density at radius 3 is 0.864 bits per heavy atom. The Kier molecular flexibility index (Phi) is 18.9. The van der Waals surface area contributed by atoms with E-state index in [4.69, 9.17) is 4.11 Å². The second-order valence-corrected chi connectivity index (χ2v) is 23.8. The van der Waals surface area contributed by atoms with E-state index in [-0.39, 0.29) is 0 Å². The minimum Gasteiger partial charge on any atom is -0.201 e. The average Bonchev–Trinajstić information content (AvgIpc) is 1.03. The van der Waals surface area contributed by atoms with Crippen molar-refractivity contribution in [3.8, 4) is 89.5 Å². The first kappa shape index (κ1) is 58.7. The van der Waals surface area contributed by atoms with E-state index in [0.717, 1.165) is 11.3 Å². The van der Waals surface area contributed by atoms with Crippen molar-refractivity contribution in [2.45, 2.75) is 83.0 Å². The van der Waals surface area contributed by atoms with Crippen LogP contribution in [0.4, 0.5) is 0 Å². The van der Waals surface area contributed by atoms with Crippen LogP contribution in [0.2, 0.25) is 0 Å². The van der Waals surface area contributed by atoms with E-state index in [1.807, 2.05) is 35.9 Å². The molecule has 0 aliphatic rings. The number of nitrogens with zero attached hydrogens (tertiary/aromatic N) is 4. The second-order valence-electron chi connectivity index (χ2n) is 23.8. The van der Waals surface area contributed by atoms with Gasteiger partial charge in [-0.2, -0.15) is 0 Å². The van der Waals surface area contributed by atoms with Crippen molar-refractivity contribution in [3.05, 3.63) is 310 Å². The van der Waals surface area contributed by atoms with Crippen molar-refractivity contribution in [3.63, 3.8) is 0 Å². The fourth-order valence-corrected chi connectivity index (χ4v) is 12.1. The second kappa shape index (κ2) is 28.3. The van der Waals surface area contributed by atoms with Gasteiger partial charge in [0.1, 0.15) is 28.2 Å². The van der Waals surface area contributed by atoms with Gasteiger partial charge in [0.2, 0.25) is 22.8 Å². The molecule has 12 rings (SSSR count). The quantitative estimate of drug-likeness (QED) is 0.135. The van der Waals surface area contributed by atoms with Gasteiger partial charge in [0.25, 0.3) is 0 Å². The van der Waals surface area contributed by atoms with Crippen LogP contribution in [0.5, 0.6) is 0 Å². The van der Waals surface area contributed by atoms with Crippen molar-refractivity contribution in [2.75, 3.05) is 0 Å². The van der Waals surface area contributed by atoms with Gasteiger partial charge in [0.15, 0.2) is 24.8 Å². The molecule has 440 valence electrons. The lowest BCUT2D eigenvalue weighted by molar-refractivity contribution is -0.660. The van der Waals surface area contributed by atoms with Crippen LogP contribution in [0.3, 0.4) is 0 Å². The highest BCUT2D eigenvalue weighted by Crippen LogP contribution is 2.35. The number of hydrogen-bond donors (Lipinski definition) is 0. The fraction of sp³-hybridized carbons (Fsp3) is 0.190. The SMILES string of the molecule is Cc1cc(-c2cc(-c3ccccc3)c(C)cc2C)[n+](C)cc1C.Cc1cc(C)c(-c2cccc[n+]2C)cc1-c1ccccc1.Cc1ccc(-c2cc(-c3ccccc3)c(C)cc2C)[n+](C)c1.[2H]C([2H])([2H])c1ccc(-c2cc(-c3ccccc3)c(C)cc2C)[n+](C)c1. The minimum absolute atomic E-state index is 0.354. The van der Waals surface area contributed by atoms with Crippen molar-refractivity contribution < 1.29 is 22.4 Å². The molecule has 4 nitrogen and oxygen atoms in total. The molecule has 4 heterocycles. The first-order valence-electron chi connectivity index (χ1n) is 32.0. The van der Waals surface area contributed by atoms with Crippen LogP contribution in [0, 0.1) is 83.0 Å². The Morgan fingerprint density at radius 1 is 0.227 bits per heavy atom. The lowest BCUT2D eigenvalue weighted by Crippen LogP contribution is -2.31. The van der Waals surface area contributed by atoms with Gasteiger partial charge in [-0.3, -0.25) is 0 Å². The molecule has 0 N–H and O–H groups in total. The fourth-order valence-electron chi connectivity index (χ4n) is 12.1. The van der Waals surface area contributed by atoms with Crippen LogP contribution in [0.1, 0.15) is 70.9 Å². The summed E-state index contributed by atoms with van der Waals surface area (Å²) in [5.41, 5.74) is 34.5. The van der Waals surface area contributed by atoms with E-state index in [0.29, 0.717) is 5.56 Å². The minimum atomic E-state index is -2.09. The number of benzene rings is 8. The Hall–Kier alpha value is -9.64. The van der Waals surface area contributed by atoms with E-state index in [1.54, 1.807) is 12.3 Å². The summed E-state index contributed by atoms with van der Waals surface area (Å²) in [7, 11) is 8.23. The summed E-state index contributed by atoms with van der Waals surface area (Å²) in [6, 6.07) is 77.0. The van der Waals surface area contributed by atoms with Crippen molar-refractivity contribution in [1.82, 2.24) is 0 Å². The number of rotatable bonds is 8. The molecule has 0 saturated carbocycles. The van der Waals surface area contributed by atoms with Gasteiger partial charge in [0, 0.05) is 73.4 Å². The molecule has 0 amide bonds. The van der Waals surface area contributed by atoms with Crippen LogP contribution in [-0.4, -0.2) is 0 Å². The molecule has 0 saturated heterocycles. The third-order valence-corrected chi connectivity index (χ3v) is 16.9. The molecule has 0 atom stereocenters. The highest BCUT2D eigenvalue weighted by Gasteiger charge is 2.20. The van der Waals surface area contributed by atoms with Crippen LogP contribution in [0.25, 0.3) is 89.5 Å². The van der Waals surface area contributed by atoms with E-state index in [2.05, 4.69) is 318 Å². The monoisotopic (exact) mass is 1160 g/mol. The maximum Gasteiger partial charge on any atom is 0.212 e. The summed E-state index contributed by atoms with van der Waals surface area (Å²) in [5.74, 6) is 0. The van der Waals surface area contributed by atoms with Crippen LogP contribution in [-0.2, 0) is 28.2 Å². The van der Waals surface area contributed by atoms with E-state index in [9.17, 15) is 0 Å². The zero-order chi connectivity index (χ0) is 65.3. The molecular formula is C84H88N4+4. The third-order valence-electron chi connectivity index (χ3n) is 16.9. The largest absolute Gasteiger partial charge is 0.212 e. The molecule has 12 aromatic rings. The molecule has 88 heavy (non-hydrogen) atoms. The topological polar surface area (TPSA) is 15.5 Å². The Labute approximate surface area is 530 Å². The molecule has 0 unspecified atom stereocenters.